The Balaban J connectivity index is 1.73. The predicted octanol–water partition coefficient (Wildman–Crippen LogP) is 3.78. The normalized spacial score (nSPS) is 11.2. The molecule has 0 atom stereocenters. The number of nitrogens with one attached hydrogen (secondary N) is 1. The number of rotatable bonds is 6. The van der Waals surface area contributed by atoms with Gasteiger partial charge in [-0.05, 0) is 42.5 Å². The van der Waals surface area contributed by atoms with E-state index in [1.54, 1.807) is 42.7 Å². The van der Waals surface area contributed by atoms with Gasteiger partial charge in [0.25, 0.3) is 5.91 Å². The highest BCUT2D eigenvalue weighted by Crippen LogP contribution is 2.27. The van der Waals surface area contributed by atoms with E-state index in [-0.39, 0.29) is 6.61 Å². The molecule has 5 nitrogen and oxygen atoms in total. The second kappa shape index (κ2) is 8.26. The van der Waals surface area contributed by atoms with E-state index < -0.39 is 5.91 Å². The molecule has 2 aromatic rings. The summed E-state index contributed by atoms with van der Waals surface area (Å²) < 4.78 is 10.4. The maximum Gasteiger partial charge on any atom is 0.277 e. The van der Waals surface area contributed by atoms with Crippen molar-refractivity contribution in [2.45, 2.75) is 0 Å². The summed E-state index contributed by atoms with van der Waals surface area (Å²) in [6.07, 6.45) is 6.34. The van der Waals surface area contributed by atoms with Crippen molar-refractivity contribution in [3.63, 3.8) is 0 Å². The van der Waals surface area contributed by atoms with Crippen molar-refractivity contribution < 1.29 is 13.9 Å². The first-order chi connectivity index (χ1) is 10.6. The van der Waals surface area contributed by atoms with Crippen LogP contribution in [0, 0.1) is 0 Å². The van der Waals surface area contributed by atoms with Crippen molar-refractivity contribution in [1.29, 1.82) is 0 Å². The zero-order chi connectivity index (χ0) is 15.8. The molecule has 0 bridgehead atoms. The van der Waals surface area contributed by atoms with E-state index in [0.29, 0.717) is 21.6 Å². The third kappa shape index (κ3) is 5.27. The molecule has 0 saturated heterocycles. The molecular weight excluding hydrogens is 327 g/mol. The summed E-state index contributed by atoms with van der Waals surface area (Å²) in [5.74, 6) is 0.662. The largest absolute Gasteiger partial charge is 0.482 e. The number of halogens is 2. The fourth-order valence-electron chi connectivity index (χ4n) is 1.44. The van der Waals surface area contributed by atoms with Crippen molar-refractivity contribution in [3.05, 3.63) is 58.5 Å². The maximum atomic E-state index is 11.5. The van der Waals surface area contributed by atoms with E-state index in [2.05, 4.69) is 10.5 Å². The van der Waals surface area contributed by atoms with E-state index in [1.807, 2.05) is 0 Å². The number of hydrazone groups is 1. The first-order valence-electron chi connectivity index (χ1n) is 6.25. The van der Waals surface area contributed by atoms with Gasteiger partial charge in [0.1, 0.15) is 11.5 Å². The average Bonchev–Trinajstić information content (AvgIpc) is 2.99. The molecule has 2 rings (SSSR count). The molecule has 1 heterocycles. The van der Waals surface area contributed by atoms with Gasteiger partial charge in [-0.25, -0.2) is 5.43 Å². The Hall–Kier alpha value is -2.24. The van der Waals surface area contributed by atoms with Gasteiger partial charge < -0.3 is 9.15 Å². The minimum Gasteiger partial charge on any atom is -0.482 e. The molecule has 22 heavy (non-hydrogen) atoms. The summed E-state index contributed by atoms with van der Waals surface area (Å²) in [5, 5.41) is 4.57. The molecule has 1 N–H and O–H groups in total. The number of amides is 1. The molecule has 0 unspecified atom stereocenters. The lowest BCUT2D eigenvalue weighted by Crippen LogP contribution is -2.24. The molecule has 0 aliphatic rings. The zero-order valence-corrected chi connectivity index (χ0v) is 12.8. The minimum absolute atomic E-state index is 0.208. The minimum atomic E-state index is -0.409. The number of hydrogen-bond acceptors (Lipinski definition) is 4. The summed E-state index contributed by atoms with van der Waals surface area (Å²) in [7, 11) is 0. The SMILES string of the molecule is O=C(COc1ccc(Cl)cc1Cl)N/N=C/C=C/c1ccco1. The summed E-state index contributed by atoms with van der Waals surface area (Å²) in [6.45, 7) is -0.208. The fourth-order valence-corrected chi connectivity index (χ4v) is 1.91. The first-order valence-corrected chi connectivity index (χ1v) is 7.00. The zero-order valence-electron chi connectivity index (χ0n) is 11.3. The fraction of sp³-hybridized carbons (Fsp3) is 0.0667. The molecule has 0 saturated carbocycles. The molecule has 0 fully saturated rings. The molecule has 1 amide bonds. The monoisotopic (exact) mass is 338 g/mol. The Bertz CT molecular complexity index is 682. The Morgan fingerprint density at radius 2 is 2.23 bits per heavy atom. The molecule has 0 aliphatic heterocycles. The van der Waals surface area contributed by atoms with Crippen LogP contribution in [0.5, 0.6) is 5.75 Å². The van der Waals surface area contributed by atoms with Crippen LogP contribution >= 0.6 is 23.2 Å². The van der Waals surface area contributed by atoms with Gasteiger partial charge in [0, 0.05) is 11.2 Å². The van der Waals surface area contributed by atoms with Gasteiger partial charge in [0.15, 0.2) is 6.61 Å². The number of nitrogens with zero attached hydrogens (tertiary/aromatic N) is 1. The highest BCUT2D eigenvalue weighted by molar-refractivity contribution is 6.35. The Morgan fingerprint density at radius 3 is 2.95 bits per heavy atom. The molecule has 1 aromatic carbocycles. The summed E-state index contributed by atoms with van der Waals surface area (Å²) in [5.41, 5.74) is 2.32. The van der Waals surface area contributed by atoms with Gasteiger partial charge in [0.05, 0.1) is 11.3 Å². The van der Waals surface area contributed by atoms with Crippen molar-refractivity contribution in [3.8, 4) is 5.75 Å². The molecular formula is C15H12Cl2N2O3. The maximum absolute atomic E-state index is 11.5. The first kappa shape index (κ1) is 16.1. The van der Waals surface area contributed by atoms with Crippen LogP contribution in [0.25, 0.3) is 6.08 Å². The lowest BCUT2D eigenvalue weighted by Gasteiger charge is -2.06. The van der Waals surface area contributed by atoms with Crippen molar-refractivity contribution in [2.24, 2.45) is 5.10 Å². The van der Waals surface area contributed by atoms with E-state index in [9.17, 15) is 4.79 Å². The quantitative estimate of drug-likeness (QED) is 0.643. The predicted molar refractivity (Wildman–Crippen MR) is 86.3 cm³/mol. The van der Waals surface area contributed by atoms with Crippen LogP contribution in [-0.2, 0) is 4.79 Å². The van der Waals surface area contributed by atoms with Crippen LogP contribution in [0.15, 0.2) is 52.2 Å². The lowest BCUT2D eigenvalue weighted by molar-refractivity contribution is -0.123. The van der Waals surface area contributed by atoms with E-state index >= 15 is 0 Å². The Kier molecular flexibility index (Phi) is 6.06. The van der Waals surface area contributed by atoms with Gasteiger partial charge >= 0.3 is 0 Å². The summed E-state index contributed by atoms with van der Waals surface area (Å²) >= 11 is 11.7. The molecule has 0 spiro atoms. The second-order valence-electron chi connectivity index (χ2n) is 4.05. The summed E-state index contributed by atoms with van der Waals surface area (Å²) in [6, 6.07) is 8.32. The van der Waals surface area contributed by atoms with E-state index in [4.69, 9.17) is 32.4 Å². The van der Waals surface area contributed by atoms with Gasteiger partial charge in [-0.2, -0.15) is 5.10 Å². The molecule has 0 radical (unpaired) electrons. The van der Waals surface area contributed by atoms with Crippen molar-refractivity contribution in [2.75, 3.05) is 6.61 Å². The number of allylic oxidation sites excluding steroid dienone is 1. The highest BCUT2D eigenvalue weighted by Gasteiger charge is 2.05. The van der Waals surface area contributed by atoms with Crippen LogP contribution in [-0.4, -0.2) is 18.7 Å². The smallest absolute Gasteiger partial charge is 0.277 e. The van der Waals surface area contributed by atoms with E-state index in [0.717, 1.165) is 0 Å². The number of carbonyl (C=O) groups is 1. The highest BCUT2D eigenvalue weighted by atomic mass is 35.5. The summed E-state index contributed by atoms with van der Waals surface area (Å²) in [4.78, 5) is 11.5. The number of hydrogen-bond donors (Lipinski definition) is 1. The second-order valence-corrected chi connectivity index (χ2v) is 4.89. The van der Waals surface area contributed by atoms with Crippen LogP contribution < -0.4 is 10.2 Å². The number of benzene rings is 1. The van der Waals surface area contributed by atoms with Gasteiger partial charge in [-0.1, -0.05) is 23.2 Å². The Labute approximate surface area is 137 Å². The van der Waals surface area contributed by atoms with Crippen molar-refractivity contribution >= 4 is 41.4 Å². The molecule has 7 heteroatoms. The topological polar surface area (TPSA) is 63.8 Å². The standard InChI is InChI=1S/C15H12Cl2N2O3/c16-11-5-6-14(13(17)9-11)22-10-15(20)19-18-7-1-3-12-4-2-8-21-12/h1-9H,10H2,(H,19,20)/b3-1+,18-7+. The third-order valence-electron chi connectivity index (χ3n) is 2.41. The van der Waals surface area contributed by atoms with E-state index in [1.165, 1.54) is 12.3 Å². The van der Waals surface area contributed by atoms with Crippen LogP contribution in [0.2, 0.25) is 10.0 Å². The molecule has 114 valence electrons. The Morgan fingerprint density at radius 1 is 1.36 bits per heavy atom. The number of furan rings is 1. The van der Waals surface area contributed by atoms with Crippen LogP contribution in [0.4, 0.5) is 0 Å². The molecule has 1 aromatic heterocycles. The molecule has 0 aliphatic carbocycles. The third-order valence-corrected chi connectivity index (χ3v) is 2.94. The van der Waals surface area contributed by atoms with Crippen LogP contribution in [0.1, 0.15) is 5.76 Å². The van der Waals surface area contributed by atoms with Crippen molar-refractivity contribution in [1.82, 2.24) is 5.43 Å². The van der Waals surface area contributed by atoms with Gasteiger partial charge in [-0.3, -0.25) is 4.79 Å². The number of carbonyl (C=O) groups excluding carboxylic acids is 1. The van der Waals surface area contributed by atoms with Gasteiger partial charge in [0.2, 0.25) is 0 Å². The van der Waals surface area contributed by atoms with Crippen LogP contribution in [0.3, 0.4) is 0 Å². The van der Waals surface area contributed by atoms with Gasteiger partial charge in [-0.15, -0.1) is 0 Å². The number of ether oxygens (including phenoxy) is 1. The average molecular weight is 339 g/mol. The lowest BCUT2D eigenvalue weighted by atomic mass is 10.3.